The largest absolute Gasteiger partial charge is 0.416 e. The monoisotopic (exact) mass is 490 g/mol. The fourth-order valence-corrected chi connectivity index (χ4v) is 3.45. The van der Waals surface area contributed by atoms with Crippen molar-refractivity contribution in [1.29, 1.82) is 0 Å². The minimum Gasteiger partial charge on any atom is -0.379 e. The first-order chi connectivity index (χ1) is 15.9. The number of halogens is 6. The quantitative estimate of drug-likeness (QED) is 0.592. The van der Waals surface area contributed by atoms with Crippen molar-refractivity contribution in [3.8, 4) is 0 Å². The van der Waals surface area contributed by atoms with Crippen molar-refractivity contribution in [2.24, 2.45) is 0 Å². The van der Waals surface area contributed by atoms with E-state index in [4.69, 9.17) is 4.74 Å². The third kappa shape index (κ3) is 7.32. The molecule has 186 valence electrons. The number of carbonyl (C=O) groups excluding carboxylic acids is 1. The lowest BCUT2D eigenvalue weighted by molar-refractivity contribution is -0.143. The highest BCUT2D eigenvalue weighted by Crippen LogP contribution is 2.37. The average molecular weight is 490 g/mol. The molecule has 0 aliphatic carbocycles. The summed E-state index contributed by atoms with van der Waals surface area (Å²) in [4.78, 5) is 20.7. The number of alkyl halides is 6. The van der Waals surface area contributed by atoms with Gasteiger partial charge in [0, 0.05) is 37.6 Å². The molecular weight excluding hydrogens is 466 g/mol. The van der Waals surface area contributed by atoms with Gasteiger partial charge in [-0.05, 0) is 37.3 Å². The zero-order valence-electron chi connectivity index (χ0n) is 18.3. The summed E-state index contributed by atoms with van der Waals surface area (Å²) in [6, 6.07) is 5.36. The van der Waals surface area contributed by atoms with Crippen LogP contribution < -0.4 is 5.32 Å². The molecule has 0 spiro atoms. The molecule has 1 aliphatic rings. The first-order valence-corrected chi connectivity index (χ1v) is 10.5. The molecular formula is C22H24F6N4O2. The Labute approximate surface area is 192 Å². The van der Waals surface area contributed by atoms with E-state index in [0.717, 1.165) is 0 Å². The maximum absolute atomic E-state index is 13.2. The number of aryl methyl sites for hydroxylation is 1. The van der Waals surface area contributed by atoms with E-state index in [1.54, 1.807) is 25.1 Å². The van der Waals surface area contributed by atoms with Crippen molar-refractivity contribution in [1.82, 2.24) is 14.8 Å². The summed E-state index contributed by atoms with van der Waals surface area (Å²) in [5, 5.41) is 2.21. The molecule has 1 aliphatic heterocycles. The van der Waals surface area contributed by atoms with Crippen LogP contribution in [0.5, 0.6) is 0 Å². The number of morpholine rings is 1. The van der Waals surface area contributed by atoms with Crippen LogP contribution in [0.25, 0.3) is 0 Å². The molecule has 1 aromatic carbocycles. The molecule has 0 unspecified atom stereocenters. The fourth-order valence-electron chi connectivity index (χ4n) is 3.45. The van der Waals surface area contributed by atoms with Crippen molar-refractivity contribution in [2.45, 2.75) is 25.8 Å². The molecule has 3 rings (SSSR count). The van der Waals surface area contributed by atoms with Crippen LogP contribution in [0.4, 0.5) is 36.8 Å². The maximum atomic E-state index is 13.2. The van der Waals surface area contributed by atoms with Crippen molar-refractivity contribution in [3.05, 3.63) is 58.9 Å². The second-order valence-electron chi connectivity index (χ2n) is 7.87. The van der Waals surface area contributed by atoms with Crippen LogP contribution in [0.1, 0.15) is 22.5 Å². The van der Waals surface area contributed by atoms with Gasteiger partial charge in [0.25, 0.3) is 0 Å². The number of amides is 2. The summed E-state index contributed by atoms with van der Waals surface area (Å²) < 4.78 is 84.3. The van der Waals surface area contributed by atoms with E-state index in [1.807, 2.05) is 0 Å². The van der Waals surface area contributed by atoms with Gasteiger partial charge in [0.05, 0.1) is 36.6 Å². The Hall–Kier alpha value is -2.86. The average Bonchev–Trinajstić information content (AvgIpc) is 2.76. The highest BCUT2D eigenvalue weighted by Gasteiger charge is 2.37. The lowest BCUT2D eigenvalue weighted by Crippen LogP contribution is -2.44. The van der Waals surface area contributed by atoms with Crippen molar-refractivity contribution in [2.75, 3.05) is 44.7 Å². The van der Waals surface area contributed by atoms with E-state index >= 15 is 0 Å². The Kier molecular flexibility index (Phi) is 8.03. The van der Waals surface area contributed by atoms with Gasteiger partial charge in [0.1, 0.15) is 0 Å². The Morgan fingerprint density at radius 2 is 1.68 bits per heavy atom. The van der Waals surface area contributed by atoms with Gasteiger partial charge >= 0.3 is 18.4 Å². The van der Waals surface area contributed by atoms with E-state index in [2.05, 4.69) is 15.2 Å². The molecule has 0 bridgehead atoms. The molecule has 1 N–H and O–H groups in total. The fraction of sp³-hybridized carbons (Fsp3) is 0.455. The van der Waals surface area contributed by atoms with Crippen molar-refractivity contribution < 1.29 is 35.9 Å². The molecule has 2 amide bonds. The predicted octanol–water partition coefficient (Wildman–Crippen LogP) is 4.79. The summed E-state index contributed by atoms with van der Waals surface area (Å²) in [5.74, 6) is 0. The number of aromatic nitrogens is 1. The number of rotatable bonds is 6. The van der Waals surface area contributed by atoms with Gasteiger partial charge in [0.2, 0.25) is 0 Å². The van der Waals surface area contributed by atoms with Crippen LogP contribution in [-0.4, -0.2) is 60.2 Å². The molecule has 2 aromatic rings. The van der Waals surface area contributed by atoms with Gasteiger partial charge in [-0.15, -0.1) is 0 Å². The highest BCUT2D eigenvalue weighted by atomic mass is 19.4. The first-order valence-electron chi connectivity index (χ1n) is 10.5. The van der Waals surface area contributed by atoms with E-state index in [-0.39, 0.29) is 19.2 Å². The van der Waals surface area contributed by atoms with Gasteiger partial charge in [-0.3, -0.25) is 9.88 Å². The number of urea groups is 1. The smallest absolute Gasteiger partial charge is 0.379 e. The summed E-state index contributed by atoms with van der Waals surface area (Å²) in [6.45, 7) is 4.82. The zero-order valence-corrected chi connectivity index (χ0v) is 18.3. The van der Waals surface area contributed by atoms with E-state index in [9.17, 15) is 31.1 Å². The molecule has 2 heterocycles. The predicted molar refractivity (Wildman–Crippen MR) is 112 cm³/mol. The molecule has 1 aromatic heterocycles. The molecule has 0 atom stereocenters. The minimum absolute atomic E-state index is 0.0164. The van der Waals surface area contributed by atoms with Gasteiger partial charge < -0.3 is 15.0 Å². The zero-order chi connectivity index (χ0) is 24.9. The third-order valence-electron chi connectivity index (χ3n) is 5.21. The maximum Gasteiger partial charge on any atom is 0.416 e. The Balaban J connectivity index is 1.83. The van der Waals surface area contributed by atoms with Crippen molar-refractivity contribution >= 4 is 11.7 Å². The minimum atomic E-state index is -5.01. The molecule has 6 nitrogen and oxygen atoms in total. The van der Waals surface area contributed by atoms with Gasteiger partial charge in [-0.25, -0.2) is 4.79 Å². The molecule has 0 saturated carbocycles. The topological polar surface area (TPSA) is 57.7 Å². The summed E-state index contributed by atoms with van der Waals surface area (Å²) in [6.07, 6.45) is -10.0. The Morgan fingerprint density at radius 1 is 1.06 bits per heavy atom. The van der Waals surface area contributed by atoms with Gasteiger partial charge in [-0.2, -0.15) is 26.3 Å². The van der Waals surface area contributed by atoms with Crippen LogP contribution in [0.15, 0.2) is 36.4 Å². The van der Waals surface area contributed by atoms with Gasteiger partial charge in [-0.1, -0.05) is 6.07 Å². The van der Waals surface area contributed by atoms with Crippen molar-refractivity contribution in [3.63, 3.8) is 0 Å². The summed E-state index contributed by atoms with van der Waals surface area (Å²) in [5.41, 5.74) is -2.35. The molecule has 1 fully saturated rings. The van der Waals surface area contributed by atoms with Gasteiger partial charge in [0.15, 0.2) is 0 Å². The standard InChI is InChI=1S/C22H24F6N4O2/c1-15-3-2-4-18(29-15)14-32(6-5-31-7-9-34-10-8-31)20(33)30-19-12-16(21(23,24)25)11-17(13-19)22(26,27)28/h2-4,11-13H,5-10,14H2,1H3,(H,30,33). The number of carbonyl (C=O) groups is 1. The normalized spacial score (nSPS) is 15.3. The lowest BCUT2D eigenvalue weighted by atomic mass is 10.1. The van der Waals surface area contributed by atoms with Crippen LogP contribution in [0, 0.1) is 6.92 Å². The Morgan fingerprint density at radius 3 is 2.24 bits per heavy atom. The number of ether oxygens (including phenoxy) is 1. The van der Waals surface area contributed by atoms with Crippen LogP contribution in [0.3, 0.4) is 0 Å². The van der Waals surface area contributed by atoms with Crippen LogP contribution in [-0.2, 0) is 23.6 Å². The van der Waals surface area contributed by atoms with E-state index in [1.165, 1.54) is 4.90 Å². The second kappa shape index (κ2) is 10.6. The second-order valence-corrected chi connectivity index (χ2v) is 7.87. The highest BCUT2D eigenvalue weighted by molar-refractivity contribution is 5.89. The molecule has 12 heteroatoms. The molecule has 0 radical (unpaired) electrons. The first kappa shape index (κ1) is 25.8. The SMILES string of the molecule is Cc1cccc(CN(CCN2CCOCC2)C(=O)Nc2cc(C(F)(F)F)cc(C(F)(F)F)c2)n1. The Bertz CT molecular complexity index is 958. The van der Waals surface area contributed by atoms with Crippen LogP contribution >= 0.6 is 0 Å². The number of nitrogens with zero attached hydrogens (tertiary/aromatic N) is 3. The number of hydrogen-bond donors (Lipinski definition) is 1. The number of benzene rings is 1. The lowest BCUT2D eigenvalue weighted by Gasteiger charge is -2.30. The van der Waals surface area contributed by atoms with E-state index < -0.39 is 35.2 Å². The number of nitrogens with one attached hydrogen (secondary N) is 1. The van der Waals surface area contributed by atoms with Crippen LogP contribution in [0.2, 0.25) is 0 Å². The number of pyridine rings is 1. The molecule has 34 heavy (non-hydrogen) atoms. The number of anilines is 1. The summed E-state index contributed by atoms with van der Waals surface area (Å²) >= 11 is 0. The third-order valence-corrected chi connectivity index (χ3v) is 5.21. The van der Waals surface area contributed by atoms with E-state index in [0.29, 0.717) is 56.4 Å². The summed E-state index contributed by atoms with van der Waals surface area (Å²) in [7, 11) is 0. The number of hydrogen-bond acceptors (Lipinski definition) is 4. The molecule has 1 saturated heterocycles.